The minimum atomic E-state index is -0.888. The Balaban J connectivity index is 1.59. The van der Waals surface area contributed by atoms with Crippen molar-refractivity contribution in [3.63, 3.8) is 0 Å². The molecule has 0 radical (unpaired) electrons. The smallest absolute Gasteiger partial charge is 0.408 e. The van der Waals surface area contributed by atoms with Crippen LogP contribution in [-0.4, -0.2) is 40.4 Å². The molecule has 0 aromatic heterocycles. The van der Waals surface area contributed by atoms with Crippen molar-refractivity contribution in [3.8, 4) is 5.75 Å². The molecule has 0 saturated heterocycles. The van der Waals surface area contributed by atoms with Gasteiger partial charge < -0.3 is 25.3 Å². The number of carbonyl (C=O) groups is 2. The summed E-state index contributed by atoms with van der Waals surface area (Å²) in [6.45, 7) is 0.336. The number of hydrogen-bond donors (Lipinski definition) is 3. The number of benzene rings is 2. The molecule has 9 heteroatoms. The normalized spacial score (nSPS) is 16.2. The van der Waals surface area contributed by atoms with Gasteiger partial charge in [-0.2, -0.15) is 0 Å². The van der Waals surface area contributed by atoms with Gasteiger partial charge in [0.05, 0.1) is 6.54 Å². The molecule has 158 valence electrons. The minimum Gasteiger partial charge on any atom is -0.508 e. The van der Waals surface area contributed by atoms with Crippen LogP contribution in [0.5, 0.6) is 5.75 Å². The molecule has 30 heavy (non-hydrogen) atoms. The van der Waals surface area contributed by atoms with Crippen LogP contribution >= 0.6 is 15.9 Å². The monoisotopic (exact) mass is 475 g/mol. The molecule has 1 heterocycles. The number of amides is 2. The number of aromatic hydroxyl groups is 1. The second kappa shape index (κ2) is 10.6. The summed E-state index contributed by atoms with van der Waals surface area (Å²) in [4.78, 5) is 30.2. The highest BCUT2D eigenvalue weighted by atomic mass is 79.9. The highest BCUT2D eigenvalue weighted by Gasteiger charge is 2.25. The Labute approximate surface area is 182 Å². The van der Waals surface area contributed by atoms with Gasteiger partial charge in [-0.1, -0.05) is 47.6 Å². The van der Waals surface area contributed by atoms with E-state index >= 15 is 0 Å². The fourth-order valence-electron chi connectivity index (χ4n) is 2.88. The topological polar surface area (TPSA) is 109 Å². The number of phenols is 1. The van der Waals surface area contributed by atoms with Crippen molar-refractivity contribution >= 4 is 32.6 Å². The first kappa shape index (κ1) is 21.6. The van der Waals surface area contributed by atoms with Gasteiger partial charge in [0, 0.05) is 12.8 Å². The van der Waals surface area contributed by atoms with E-state index in [-0.39, 0.29) is 37.3 Å². The zero-order chi connectivity index (χ0) is 21.3. The SMILES string of the molecule is O=C(N[C@@H](Cc1cccc(O)c1)C(=O)NCC1CC(Br)=NO1)OCc1ccccc1. The average Bonchev–Trinajstić information content (AvgIpc) is 3.16. The number of phenolic OH excluding ortho intramolecular Hbond substituents is 1. The maximum Gasteiger partial charge on any atom is 0.408 e. The van der Waals surface area contributed by atoms with Gasteiger partial charge in [-0.05, 0) is 39.2 Å². The van der Waals surface area contributed by atoms with Crippen molar-refractivity contribution in [2.45, 2.75) is 31.6 Å². The number of nitrogens with zero attached hydrogens (tertiary/aromatic N) is 1. The van der Waals surface area contributed by atoms with E-state index in [4.69, 9.17) is 9.57 Å². The van der Waals surface area contributed by atoms with Gasteiger partial charge in [0.15, 0.2) is 6.10 Å². The van der Waals surface area contributed by atoms with E-state index in [9.17, 15) is 14.7 Å². The van der Waals surface area contributed by atoms with E-state index in [1.54, 1.807) is 18.2 Å². The average molecular weight is 476 g/mol. The maximum atomic E-state index is 12.7. The zero-order valence-electron chi connectivity index (χ0n) is 16.1. The van der Waals surface area contributed by atoms with Gasteiger partial charge in [-0.25, -0.2) is 4.79 Å². The molecule has 1 aliphatic rings. The first-order chi connectivity index (χ1) is 14.5. The largest absolute Gasteiger partial charge is 0.508 e. The zero-order valence-corrected chi connectivity index (χ0v) is 17.7. The second-order valence-electron chi connectivity index (χ2n) is 6.78. The number of nitrogens with one attached hydrogen (secondary N) is 2. The van der Waals surface area contributed by atoms with E-state index in [0.717, 1.165) is 5.56 Å². The number of alkyl carbamates (subject to hydrolysis) is 1. The summed E-state index contributed by atoms with van der Waals surface area (Å²) in [5.41, 5.74) is 1.53. The Hall–Kier alpha value is -3.07. The Morgan fingerprint density at radius 3 is 2.67 bits per heavy atom. The van der Waals surface area contributed by atoms with Crippen molar-refractivity contribution < 1.29 is 24.3 Å². The third kappa shape index (κ3) is 6.77. The molecule has 2 aromatic rings. The minimum absolute atomic E-state index is 0.0830. The van der Waals surface area contributed by atoms with Gasteiger partial charge in [-0.15, -0.1) is 0 Å². The summed E-state index contributed by atoms with van der Waals surface area (Å²) < 4.78 is 5.91. The van der Waals surface area contributed by atoms with Crippen molar-refractivity contribution in [1.82, 2.24) is 10.6 Å². The van der Waals surface area contributed by atoms with E-state index in [1.165, 1.54) is 6.07 Å². The fourth-order valence-corrected chi connectivity index (χ4v) is 3.32. The molecule has 0 spiro atoms. The molecule has 3 rings (SSSR count). The molecule has 2 atom stereocenters. The van der Waals surface area contributed by atoms with E-state index in [1.807, 2.05) is 30.3 Å². The number of ether oxygens (including phenoxy) is 1. The number of carbonyl (C=O) groups excluding carboxylic acids is 2. The van der Waals surface area contributed by atoms with E-state index in [2.05, 4.69) is 31.7 Å². The van der Waals surface area contributed by atoms with Crippen molar-refractivity contribution in [2.24, 2.45) is 5.16 Å². The summed E-state index contributed by atoms with van der Waals surface area (Å²) >= 11 is 3.25. The molecule has 2 amide bonds. The Morgan fingerprint density at radius 2 is 1.97 bits per heavy atom. The van der Waals surface area contributed by atoms with Gasteiger partial charge in [0.2, 0.25) is 5.91 Å². The van der Waals surface area contributed by atoms with E-state index < -0.39 is 12.1 Å². The standard InChI is InChI=1S/C21H22BrN3O5/c22-19-11-17(30-25-19)12-23-20(27)18(10-15-7-4-8-16(26)9-15)24-21(28)29-13-14-5-2-1-3-6-14/h1-9,17-18,26H,10-13H2,(H,23,27)(H,24,28)/t17?,18-/m0/s1. The van der Waals surface area contributed by atoms with Gasteiger partial charge >= 0.3 is 6.09 Å². The van der Waals surface area contributed by atoms with Gasteiger partial charge in [0.1, 0.15) is 23.0 Å². The van der Waals surface area contributed by atoms with Crippen LogP contribution in [0.15, 0.2) is 59.8 Å². The molecule has 3 N–H and O–H groups in total. The highest BCUT2D eigenvalue weighted by molar-refractivity contribution is 9.18. The lowest BCUT2D eigenvalue weighted by Gasteiger charge is -2.19. The van der Waals surface area contributed by atoms with Crippen molar-refractivity contribution in [1.29, 1.82) is 0 Å². The molecule has 0 aliphatic carbocycles. The summed E-state index contributed by atoms with van der Waals surface area (Å²) in [6, 6.07) is 14.9. The predicted molar refractivity (Wildman–Crippen MR) is 114 cm³/mol. The lowest BCUT2D eigenvalue weighted by atomic mass is 10.0. The van der Waals surface area contributed by atoms with Crippen LogP contribution in [0.25, 0.3) is 0 Å². The predicted octanol–water partition coefficient (Wildman–Crippen LogP) is 2.84. The number of halogens is 1. The number of oxime groups is 1. The Bertz CT molecular complexity index is 907. The van der Waals surface area contributed by atoms with Crippen LogP contribution in [0.3, 0.4) is 0 Å². The molecule has 2 aromatic carbocycles. The third-order valence-corrected chi connectivity index (χ3v) is 4.84. The maximum absolute atomic E-state index is 12.7. The quantitative estimate of drug-likeness (QED) is 0.543. The van der Waals surface area contributed by atoms with Crippen LogP contribution in [0.1, 0.15) is 17.5 Å². The Kier molecular flexibility index (Phi) is 7.67. The molecular weight excluding hydrogens is 454 g/mol. The molecule has 0 saturated carbocycles. The first-order valence-electron chi connectivity index (χ1n) is 9.40. The summed E-state index contributed by atoms with van der Waals surface area (Å²) in [5, 5.41) is 18.8. The van der Waals surface area contributed by atoms with Crippen LogP contribution in [0.2, 0.25) is 0 Å². The van der Waals surface area contributed by atoms with Gasteiger partial charge in [0.25, 0.3) is 0 Å². The second-order valence-corrected chi connectivity index (χ2v) is 7.69. The summed E-state index contributed by atoms with van der Waals surface area (Å²) in [7, 11) is 0. The van der Waals surface area contributed by atoms with Crippen molar-refractivity contribution in [2.75, 3.05) is 6.54 Å². The fraction of sp³-hybridized carbons (Fsp3) is 0.286. The molecule has 1 aliphatic heterocycles. The molecular formula is C21H22BrN3O5. The highest BCUT2D eigenvalue weighted by Crippen LogP contribution is 2.15. The first-order valence-corrected chi connectivity index (χ1v) is 10.2. The van der Waals surface area contributed by atoms with Crippen LogP contribution in [-0.2, 0) is 27.4 Å². The van der Waals surface area contributed by atoms with Crippen LogP contribution in [0, 0.1) is 0 Å². The summed E-state index contributed by atoms with van der Waals surface area (Å²) in [6.07, 6.45) is -0.228. The Morgan fingerprint density at radius 1 is 1.20 bits per heavy atom. The van der Waals surface area contributed by atoms with Gasteiger partial charge in [-0.3, -0.25) is 4.79 Å². The third-order valence-electron chi connectivity index (χ3n) is 4.37. The number of rotatable bonds is 8. The molecule has 8 nitrogen and oxygen atoms in total. The molecule has 1 unspecified atom stereocenters. The number of hydrogen-bond acceptors (Lipinski definition) is 6. The molecule has 0 fully saturated rings. The molecule has 0 bridgehead atoms. The van der Waals surface area contributed by atoms with E-state index in [0.29, 0.717) is 16.6 Å². The van der Waals surface area contributed by atoms with Crippen LogP contribution < -0.4 is 10.6 Å². The lowest BCUT2D eigenvalue weighted by molar-refractivity contribution is -0.123. The van der Waals surface area contributed by atoms with Crippen LogP contribution in [0.4, 0.5) is 4.79 Å². The van der Waals surface area contributed by atoms with Crippen molar-refractivity contribution in [3.05, 3.63) is 65.7 Å². The summed E-state index contributed by atoms with van der Waals surface area (Å²) in [5.74, 6) is -0.304. The lowest BCUT2D eigenvalue weighted by Crippen LogP contribution is -2.49.